The first-order valence-electron chi connectivity index (χ1n) is 8.93. The number of nitrogens with one attached hydrogen (secondary N) is 1. The van der Waals surface area contributed by atoms with Crippen LogP contribution >= 0.6 is 0 Å². The zero-order valence-corrected chi connectivity index (χ0v) is 14.0. The van der Waals surface area contributed by atoms with Gasteiger partial charge in [0.2, 0.25) is 0 Å². The van der Waals surface area contributed by atoms with Crippen LogP contribution in [0.1, 0.15) is 62.5 Å². The average Bonchev–Trinajstić information content (AvgIpc) is 3.17. The molecule has 0 atom stereocenters. The summed E-state index contributed by atoms with van der Waals surface area (Å²) >= 11 is 0. The maximum Gasteiger partial charge on any atom is 0.117 e. The molecule has 1 N–H and O–H groups in total. The normalized spacial score (nSPS) is 24.1. The number of allylic oxidation sites excluding steroid dienone is 1. The summed E-state index contributed by atoms with van der Waals surface area (Å²) in [6.07, 6.45) is 12.8. The van der Waals surface area contributed by atoms with Gasteiger partial charge in [-0.25, -0.2) is 0 Å². The zero-order chi connectivity index (χ0) is 15.8. The third kappa shape index (κ3) is 3.03. The van der Waals surface area contributed by atoms with Crippen LogP contribution in [0.3, 0.4) is 0 Å². The molecular weight excluding hydrogens is 282 g/mol. The van der Waals surface area contributed by atoms with Crippen molar-refractivity contribution < 1.29 is 4.84 Å². The lowest BCUT2D eigenvalue weighted by Gasteiger charge is -2.41. The van der Waals surface area contributed by atoms with Crippen molar-refractivity contribution in [1.29, 1.82) is 0 Å². The van der Waals surface area contributed by atoms with E-state index in [1.807, 2.05) is 0 Å². The van der Waals surface area contributed by atoms with Crippen LogP contribution in [0, 0.1) is 24.2 Å². The number of hydrogen-bond donors (Lipinski definition) is 1. The van der Waals surface area contributed by atoms with E-state index in [4.69, 9.17) is 4.84 Å². The maximum absolute atomic E-state index is 5.96. The van der Waals surface area contributed by atoms with Gasteiger partial charge >= 0.3 is 0 Å². The van der Waals surface area contributed by atoms with Crippen molar-refractivity contribution in [2.45, 2.75) is 63.9 Å². The first-order chi connectivity index (χ1) is 11.2. The second kappa shape index (κ2) is 5.73. The SMILES string of the molecule is Cc1cccc(C#CC2=CC3(CCC4(CCCC4)CC3)ON2)c1. The summed E-state index contributed by atoms with van der Waals surface area (Å²) in [4.78, 5) is 5.96. The Bertz CT molecular complexity index is 675. The summed E-state index contributed by atoms with van der Waals surface area (Å²) in [7, 11) is 0. The molecule has 3 aliphatic rings. The van der Waals surface area contributed by atoms with Crippen molar-refractivity contribution >= 4 is 0 Å². The monoisotopic (exact) mass is 307 g/mol. The van der Waals surface area contributed by atoms with E-state index in [1.165, 1.54) is 44.1 Å². The summed E-state index contributed by atoms with van der Waals surface area (Å²) in [6.45, 7) is 2.09. The highest BCUT2D eigenvalue weighted by Crippen LogP contribution is 2.52. The van der Waals surface area contributed by atoms with Crippen LogP contribution in [0.15, 0.2) is 36.0 Å². The highest BCUT2D eigenvalue weighted by molar-refractivity contribution is 5.42. The third-order valence-corrected chi connectivity index (χ3v) is 5.95. The molecule has 1 aromatic rings. The Morgan fingerprint density at radius 2 is 1.78 bits per heavy atom. The molecule has 0 radical (unpaired) electrons. The molecule has 23 heavy (non-hydrogen) atoms. The van der Waals surface area contributed by atoms with Gasteiger partial charge in [-0.3, -0.25) is 10.3 Å². The van der Waals surface area contributed by atoms with Gasteiger partial charge < -0.3 is 0 Å². The van der Waals surface area contributed by atoms with Gasteiger partial charge in [-0.15, -0.1) is 0 Å². The van der Waals surface area contributed by atoms with Crippen LogP contribution in [0.2, 0.25) is 0 Å². The van der Waals surface area contributed by atoms with E-state index < -0.39 is 0 Å². The fourth-order valence-electron chi connectivity index (χ4n) is 4.48. The summed E-state index contributed by atoms with van der Waals surface area (Å²) in [5, 5.41) is 0. The summed E-state index contributed by atoms with van der Waals surface area (Å²) in [6, 6.07) is 8.31. The molecule has 2 spiro atoms. The largest absolute Gasteiger partial charge is 0.265 e. The fourth-order valence-corrected chi connectivity index (χ4v) is 4.48. The van der Waals surface area contributed by atoms with E-state index in [0.29, 0.717) is 5.41 Å². The van der Waals surface area contributed by atoms with Crippen LogP contribution < -0.4 is 5.48 Å². The number of hydroxylamine groups is 1. The van der Waals surface area contributed by atoms with Crippen molar-refractivity contribution in [1.82, 2.24) is 5.48 Å². The van der Waals surface area contributed by atoms with Gasteiger partial charge in [-0.2, -0.15) is 0 Å². The smallest absolute Gasteiger partial charge is 0.117 e. The summed E-state index contributed by atoms with van der Waals surface area (Å²) < 4.78 is 0. The van der Waals surface area contributed by atoms with E-state index in [-0.39, 0.29) is 5.60 Å². The van der Waals surface area contributed by atoms with Crippen LogP contribution in [0.4, 0.5) is 0 Å². The minimum Gasteiger partial charge on any atom is -0.265 e. The Balaban J connectivity index is 1.46. The molecule has 1 aliphatic heterocycles. The molecule has 0 bridgehead atoms. The Kier molecular flexibility index (Phi) is 3.70. The first kappa shape index (κ1) is 14.8. The molecule has 0 aromatic heterocycles. The fraction of sp³-hybridized carbons (Fsp3) is 0.524. The van der Waals surface area contributed by atoms with Crippen LogP contribution in [0.5, 0.6) is 0 Å². The molecule has 0 unspecified atom stereocenters. The minimum atomic E-state index is -0.107. The summed E-state index contributed by atoms with van der Waals surface area (Å²) in [5.41, 5.74) is 6.82. The molecule has 2 fully saturated rings. The number of hydrogen-bond acceptors (Lipinski definition) is 2. The van der Waals surface area contributed by atoms with E-state index in [0.717, 1.165) is 24.1 Å². The van der Waals surface area contributed by atoms with Crippen LogP contribution in [-0.4, -0.2) is 5.60 Å². The van der Waals surface area contributed by atoms with E-state index in [1.54, 1.807) is 0 Å². The second-order valence-electron chi connectivity index (χ2n) is 7.65. The topological polar surface area (TPSA) is 21.3 Å². The Morgan fingerprint density at radius 1 is 1.00 bits per heavy atom. The van der Waals surface area contributed by atoms with Crippen molar-refractivity contribution in [3.8, 4) is 11.8 Å². The van der Waals surface area contributed by atoms with Gasteiger partial charge in [0.25, 0.3) is 0 Å². The minimum absolute atomic E-state index is 0.107. The molecule has 2 aliphatic carbocycles. The molecule has 1 heterocycles. The van der Waals surface area contributed by atoms with Gasteiger partial charge in [-0.1, -0.05) is 30.9 Å². The zero-order valence-electron chi connectivity index (χ0n) is 14.0. The predicted octanol–water partition coefficient (Wildman–Crippen LogP) is 4.64. The quantitative estimate of drug-likeness (QED) is 0.705. The van der Waals surface area contributed by atoms with Gasteiger partial charge in [-0.05, 0) is 80.6 Å². The lowest BCUT2D eigenvalue weighted by atomic mass is 9.67. The molecule has 0 saturated heterocycles. The summed E-state index contributed by atoms with van der Waals surface area (Å²) in [5.74, 6) is 6.47. The molecule has 4 rings (SSSR count). The van der Waals surface area contributed by atoms with Gasteiger partial charge in [0.15, 0.2) is 0 Å². The molecule has 2 nitrogen and oxygen atoms in total. The van der Waals surface area contributed by atoms with Crippen molar-refractivity contribution in [3.63, 3.8) is 0 Å². The first-order valence-corrected chi connectivity index (χ1v) is 8.93. The third-order valence-electron chi connectivity index (χ3n) is 5.95. The molecule has 120 valence electrons. The molecular formula is C21H25NO. The van der Waals surface area contributed by atoms with Crippen molar-refractivity contribution in [3.05, 3.63) is 47.2 Å². The van der Waals surface area contributed by atoms with Crippen molar-refractivity contribution in [2.24, 2.45) is 5.41 Å². The highest BCUT2D eigenvalue weighted by Gasteiger charge is 2.45. The van der Waals surface area contributed by atoms with Crippen LogP contribution in [-0.2, 0) is 4.84 Å². The lowest BCUT2D eigenvalue weighted by molar-refractivity contribution is -0.0799. The van der Waals surface area contributed by atoms with E-state index in [2.05, 4.69) is 54.6 Å². The van der Waals surface area contributed by atoms with Crippen LogP contribution in [0.25, 0.3) is 0 Å². The molecule has 0 amide bonds. The number of benzene rings is 1. The number of aryl methyl sites for hydroxylation is 1. The molecule has 1 aromatic carbocycles. The molecule has 2 saturated carbocycles. The second-order valence-corrected chi connectivity index (χ2v) is 7.65. The average molecular weight is 307 g/mol. The number of rotatable bonds is 0. The standard InChI is InChI=1S/C21H25NO/c1-17-5-4-6-18(15-17)7-8-19-16-21(23-22-19)13-11-20(12-14-21)9-2-3-10-20/h4-6,15-16,22H,2-3,9-14H2,1H3. The Morgan fingerprint density at radius 3 is 2.52 bits per heavy atom. The molecule has 2 heteroatoms. The Labute approximate surface area is 139 Å². The predicted molar refractivity (Wildman–Crippen MR) is 92.5 cm³/mol. The lowest BCUT2D eigenvalue weighted by Crippen LogP contribution is -2.38. The van der Waals surface area contributed by atoms with Crippen molar-refractivity contribution in [2.75, 3.05) is 0 Å². The van der Waals surface area contributed by atoms with E-state index in [9.17, 15) is 0 Å². The van der Waals surface area contributed by atoms with Gasteiger partial charge in [0.05, 0.1) is 0 Å². The highest BCUT2D eigenvalue weighted by atomic mass is 16.7. The maximum atomic E-state index is 5.96. The van der Waals surface area contributed by atoms with E-state index >= 15 is 0 Å². The van der Waals surface area contributed by atoms with Gasteiger partial charge in [0.1, 0.15) is 11.3 Å². The van der Waals surface area contributed by atoms with Gasteiger partial charge in [0, 0.05) is 5.56 Å². The Hall–Kier alpha value is -1.72.